The van der Waals surface area contributed by atoms with Gasteiger partial charge in [-0.25, -0.2) is 4.79 Å². The largest absolute Gasteiger partial charge is 0.378 e. The van der Waals surface area contributed by atoms with Gasteiger partial charge >= 0.3 is 6.03 Å². The van der Waals surface area contributed by atoms with Gasteiger partial charge in [0.1, 0.15) is 0 Å². The van der Waals surface area contributed by atoms with Crippen LogP contribution >= 0.6 is 0 Å². The first-order valence-electron chi connectivity index (χ1n) is 5.97. The quantitative estimate of drug-likeness (QED) is 0.729. The Bertz CT molecular complexity index is 246. The van der Waals surface area contributed by atoms with E-state index in [1.807, 2.05) is 4.90 Å². The molecule has 0 aromatic heterocycles. The molecular formula is C11H21N3O2. The minimum atomic E-state index is 0.130. The molecule has 2 saturated heterocycles. The van der Waals surface area contributed by atoms with E-state index in [0.717, 1.165) is 39.1 Å². The normalized spacial score (nSPS) is 23.0. The fourth-order valence-corrected chi connectivity index (χ4v) is 2.19. The first-order valence-corrected chi connectivity index (χ1v) is 5.97. The summed E-state index contributed by atoms with van der Waals surface area (Å²) in [5.41, 5.74) is 0. The second-order valence-electron chi connectivity index (χ2n) is 4.84. The SMILES string of the molecule is CN(C)C(=O)N1CCC(NC2COC2)CC1. The summed E-state index contributed by atoms with van der Waals surface area (Å²) in [6, 6.07) is 1.23. The van der Waals surface area contributed by atoms with Crippen molar-refractivity contribution in [3.8, 4) is 0 Å². The van der Waals surface area contributed by atoms with E-state index < -0.39 is 0 Å². The van der Waals surface area contributed by atoms with Gasteiger partial charge in [-0.15, -0.1) is 0 Å². The number of carbonyl (C=O) groups excluding carboxylic acids is 1. The number of likely N-dealkylation sites (tertiary alicyclic amines) is 1. The molecule has 0 atom stereocenters. The van der Waals surface area contributed by atoms with Crippen molar-refractivity contribution in [2.45, 2.75) is 24.9 Å². The number of hydrogen-bond acceptors (Lipinski definition) is 3. The first-order chi connectivity index (χ1) is 7.66. The predicted molar refractivity (Wildman–Crippen MR) is 61.4 cm³/mol. The first kappa shape index (κ1) is 11.7. The third-order valence-electron chi connectivity index (χ3n) is 3.26. The zero-order chi connectivity index (χ0) is 11.5. The molecule has 2 amide bonds. The fourth-order valence-electron chi connectivity index (χ4n) is 2.19. The average Bonchev–Trinajstić information content (AvgIpc) is 2.23. The van der Waals surface area contributed by atoms with Crippen LogP contribution in [0.25, 0.3) is 0 Å². The maximum Gasteiger partial charge on any atom is 0.319 e. The summed E-state index contributed by atoms with van der Waals surface area (Å²) in [7, 11) is 3.61. The molecule has 2 rings (SSSR count). The predicted octanol–water partition coefficient (Wildman–Crippen LogP) is 0.121. The lowest BCUT2D eigenvalue weighted by molar-refractivity contribution is -0.0130. The van der Waals surface area contributed by atoms with E-state index in [1.54, 1.807) is 19.0 Å². The highest BCUT2D eigenvalue weighted by Crippen LogP contribution is 2.13. The van der Waals surface area contributed by atoms with Gasteiger partial charge in [0.05, 0.1) is 19.3 Å². The van der Waals surface area contributed by atoms with Crippen molar-refractivity contribution in [3.05, 3.63) is 0 Å². The summed E-state index contributed by atoms with van der Waals surface area (Å²) < 4.78 is 5.13. The number of ether oxygens (including phenoxy) is 1. The van der Waals surface area contributed by atoms with E-state index in [0.29, 0.717) is 12.1 Å². The topological polar surface area (TPSA) is 44.8 Å². The summed E-state index contributed by atoms with van der Waals surface area (Å²) >= 11 is 0. The Morgan fingerprint density at radius 1 is 1.25 bits per heavy atom. The van der Waals surface area contributed by atoms with Crippen LogP contribution < -0.4 is 5.32 Å². The zero-order valence-corrected chi connectivity index (χ0v) is 10.1. The Hall–Kier alpha value is -0.810. The minimum absolute atomic E-state index is 0.130. The second-order valence-corrected chi connectivity index (χ2v) is 4.84. The molecule has 92 valence electrons. The van der Waals surface area contributed by atoms with Gasteiger partial charge in [0.2, 0.25) is 0 Å². The van der Waals surface area contributed by atoms with Gasteiger partial charge in [0, 0.05) is 33.2 Å². The van der Waals surface area contributed by atoms with Gasteiger partial charge in [0.15, 0.2) is 0 Å². The van der Waals surface area contributed by atoms with E-state index >= 15 is 0 Å². The number of nitrogens with one attached hydrogen (secondary N) is 1. The number of amides is 2. The molecule has 2 fully saturated rings. The van der Waals surface area contributed by atoms with Crippen molar-refractivity contribution in [1.82, 2.24) is 15.1 Å². The van der Waals surface area contributed by atoms with Gasteiger partial charge < -0.3 is 19.9 Å². The molecule has 5 nitrogen and oxygen atoms in total. The summed E-state index contributed by atoms with van der Waals surface area (Å²) in [4.78, 5) is 15.3. The Morgan fingerprint density at radius 2 is 1.88 bits per heavy atom. The maximum absolute atomic E-state index is 11.7. The lowest BCUT2D eigenvalue weighted by atomic mass is 10.0. The molecule has 2 aliphatic heterocycles. The van der Waals surface area contributed by atoms with Crippen molar-refractivity contribution in [1.29, 1.82) is 0 Å². The van der Waals surface area contributed by atoms with E-state index in [2.05, 4.69) is 5.32 Å². The highest BCUT2D eigenvalue weighted by atomic mass is 16.5. The number of hydrogen-bond donors (Lipinski definition) is 1. The van der Waals surface area contributed by atoms with Crippen LogP contribution in [0.15, 0.2) is 0 Å². The number of piperidine rings is 1. The Balaban J connectivity index is 1.71. The molecule has 0 aromatic rings. The van der Waals surface area contributed by atoms with Crippen molar-refractivity contribution < 1.29 is 9.53 Å². The van der Waals surface area contributed by atoms with Crippen molar-refractivity contribution in [2.24, 2.45) is 0 Å². The van der Waals surface area contributed by atoms with E-state index in [-0.39, 0.29) is 6.03 Å². The Kier molecular flexibility index (Phi) is 3.66. The van der Waals surface area contributed by atoms with Gasteiger partial charge in [-0.3, -0.25) is 0 Å². The van der Waals surface area contributed by atoms with Crippen molar-refractivity contribution in [2.75, 3.05) is 40.4 Å². The van der Waals surface area contributed by atoms with Crippen LogP contribution in [0.4, 0.5) is 4.79 Å². The Labute approximate surface area is 96.7 Å². The van der Waals surface area contributed by atoms with Crippen LogP contribution in [0.2, 0.25) is 0 Å². The minimum Gasteiger partial charge on any atom is -0.378 e. The van der Waals surface area contributed by atoms with E-state index in [9.17, 15) is 4.79 Å². The molecule has 0 bridgehead atoms. The smallest absolute Gasteiger partial charge is 0.319 e. The molecule has 0 aromatic carbocycles. The summed E-state index contributed by atoms with van der Waals surface area (Å²) in [6.45, 7) is 3.41. The van der Waals surface area contributed by atoms with Gasteiger partial charge in [-0.1, -0.05) is 0 Å². The summed E-state index contributed by atoms with van der Waals surface area (Å²) in [5.74, 6) is 0. The lowest BCUT2D eigenvalue weighted by Gasteiger charge is -2.37. The van der Waals surface area contributed by atoms with Crippen LogP contribution in [0.3, 0.4) is 0 Å². The molecule has 0 spiro atoms. The molecule has 1 N–H and O–H groups in total. The third-order valence-corrected chi connectivity index (χ3v) is 3.26. The van der Waals surface area contributed by atoms with Crippen LogP contribution in [0.5, 0.6) is 0 Å². The highest BCUT2D eigenvalue weighted by Gasteiger charge is 2.27. The average molecular weight is 227 g/mol. The molecule has 0 aliphatic carbocycles. The standard InChI is InChI=1S/C11H21N3O2/c1-13(2)11(15)14-5-3-9(4-6-14)12-10-7-16-8-10/h9-10,12H,3-8H2,1-2H3. The van der Waals surface area contributed by atoms with Crippen LogP contribution in [0, 0.1) is 0 Å². The van der Waals surface area contributed by atoms with Gasteiger partial charge in [-0.2, -0.15) is 0 Å². The molecule has 16 heavy (non-hydrogen) atoms. The van der Waals surface area contributed by atoms with Crippen molar-refractivity contribution in [3.63, 3.8) is 0 Å². The Morgan fingerprint density at radius 3 is 2.31 bits per heavy atom. The molecule has 0 unspecified atom stereocenters. The number of nitrogens with zero attached hydrogens (tertiary/aromatic N) is 2. The molecule has 0 saturated carbocycles. The van der Waals surface area contributed by atoms with E-state index in [4.69, 9.17) is 4.74 Å². The summed E-state index contributed by atoms with van der Waals surface area (Å²) in [5, 5.41) is 3.57. The number of urea groups is 1. The molecule has 2 heterocycles. The van der Waals surface area contributed by atoms with Gasteiger partial charge in [-0.05, 0) is 12.8 Å². The molecule has 0 radical (unpaired) electrons. The zero-order valence-electron chi connectivity index (χ0n) is 10.1. The van der Waals surface area contributed by atoms with Crippen molar-refractivity contribution >= 4 is 6.03 Å². The van der Waals surface area contributed by atoms with Crippen LogP contribution in [-0.2, 0) is 4.74 Å². The molecule has 5 heteroatoms. The number of carbonyl (C=O) groups is 1. The molecular weight excluding hydrogens is 206 g/mol. The van der Waals surface area contributed by atoms with Gasteiger partial charge in [0.25, 0.3) is 0 Å². The van der Waals surface area contributed by atoms with E-state index in [1.165, 1.54) is 0 Å². The molecule has 2 aliphatic rings. The van der Waals surface area contributed by atoms with Crippen LogP contribution in [-0.4, -0.2) is 68.3 Å². The fraction of sp³-hybridized carbons (Fsp3) is 0.909. The third kappa shape index (κ3) is 2.65. The number of rotatable bonds is 2. The maximum atomic E-state index is 11.7. The van der Waals surface area contributed by atoms with Crippen LogP contribution in [0.1, 0.15) is 12.8 Å². The lowest BCUT2D eigenvalue weighted by Crippen LogP contribution is -2.54. The second kappa shape index (κ2) is 5.01. The monoisotopic (exact) mass is 227 g/mol. The highest BCUT2D eigenvalue weighted by molar-refractivity contribution is 5.73. The summed E-state index contributed by atoms with van der Waals surface area (Å²) in [6.07, 6.45) is 2.10.